The van der Waals surface area contributed by atoms with E-state index in [1.165, 1.54) is 18.3 Å². The number of benzene rings is 3. The molecule has 0 saturated carbocycles. The fourth-order valence-electron chi connectivity index (χ4n) is 2.76. The fourth-order valence-corrected chi connectivity index (χ4v) is 3.37. The van der Waals surface area contributed by atoms with Crippen LogP contribution in [-0.2, 0) is 12.8 Å². The van der Waals surface area contributed by atoms with Crippen molar-refractivity contribution < 1.29 is 22.8 Å². The molecule has 0 heterocycles. The summed E-state index contributed by atoms with van der Waals surface area (Å²) in [4.78, 5) is 10.2. The topological polar surface area (TPSA) is 76.8 Å². The summed E-state index contributed by atoms with van der Waals surface area (Å²) in [6.07, 6.45) is -3.44. The molecule has 0 bridgehead atoms. The number of nitrogens with one attached hydrogen (secondary N) is 1. The van der Waals surface area contributed by atoms with Crippen molar-refractivity contribution in [1.82, 2.24) is 0 Å². The average molecular weight is 498 g/mol. The van der Waals surface area contributed by atoms with E-state index in [9.17, 15) is 23.3 Å². The van der Waals surface area contributed by atoms with Gasteiger partial charge in [0.05, 0.1) is 26.7 Å². The monoisotopic (exact) mass is 497 g/mol. The number of rotatable bonds is 7. The second-order valence-corrected chi connectivity index (χ2v) is 7.76. The molecule has 0 aliphatic carbocycles. The molecule has 3 rings (SSSR count). The standard InChI is InChI=1S/C22H16Cl2F3N3O3/c1-13-2-4-14(5-3-13)12-33-21-17(23)8-15(9-18(21)24)11-28-29-19-7-6-16(22(25,26)27)10-20(19)30(31)32/h2-11,29H,12H2,1H3/b28-11-. The molecule has 0 aliphatic rings. The molecule has 0 radical (unpaired) electrons. The molecular weight excluding hydrogens is 482 g/mol. The lowest BCUT2D eigenvalue weighted by atomic mass is 10.1. The number of alkyl halides is 3. The number of ether oxygens (including phenoxy) is 1. The second-order valence-electron chi connectivity index (χ2n) is 6.94. The predicted octanol–water partition coefficient (Wildman–Crippen LogP) is 7.25. The van der Waals surface area contributed by atoms with Crippen LogP contribution in [0.2, 0.25) is 10.0 Å². The normalized spacial score (nSPS) is 11.6. The van der Waals surface area contributed by atoms with Crippen LogP contribution in [-0.4, -0.2) is 11.1 Å². The van der Waals surface area contributed by atoms with Crippen LogP contribution in [0.3, 0.4) is 0 Å². The van der Waals surface area contributed by atoms with E-state index in [0.717, 1.165) is 23.3 Å². The minimum absolute atomic E-state index is 0.209. The quantitative estimate of drug-likeness (QED) is 0.211. The van der Waals surface area contributed by atoms with E-state index in [0.29, 0.717) is 11.6 Å². The van der Waals surface area contributed by atoms with Crippen molar-refractivity contribution in [3.63, 3.8) is 0 Å². The lowest BCUT2D eigenvalue weighted by Crippen LogP contribution is -2.06. The summed E-state index contributed by atoms with van der Waals surface area (Å²) in [5.74, 6) is 0.280. The van der Waals surface area contributed by atoms with Crippen LogP contribution in [0.1, 0.15) is 22.3 Å². The van der Waals surface area contributed by atoms with Crippen LogP contribution in [0.15, 0.2) is 59.7 Å². The van der Waals surface area contributed by atoms with Crippen molar-refractivity contribution in [2.45, 2.75) is 19.7 Å². The Morgan fingerprint density at radius 1 is 1.09 bits per heavy atom. The molecule has 0 amide bonds. The molecule has 172 valence electrons. The lowest BCUT2D eigenvalue weighted by Gasteiger charge is -2.11. The Labute approximate surface area is 196 Å². The Bertz CT molecular complexity index is 1180. The Kier molecular flexibility index (Phi) is 7.45. The van der Waals surface area contributed by atoms with E-state index in [-0.39, 0.29) is 28.1 Å². The first-order valence-electron chi connectivity index (χ1n) is 9.36. The minimum atomic E-state index is -4.71. The number of hydrogen-bond donors (Lipinski definition) is 1. The highest BCUT2D eigenvalue weighted by molar-refractivity contribution is 6.37. The Morgan fingerprint density at radius 2 is 1.73 bits per heavy atom. The molecule has 0 spiro atoms. The summed E-state index contributed by atoms with van der Waals surface area (Å²) >= 11 is 12.5. The van der Waals surface area contributed by atoms with Crippen molar-refractivity contribution in [2.75, 3.05) is 5.43 Å². The van der Waals surface area contributed by atoms with Crippen molar-refractivity contribution in [2.24, 2.45) is 5.10 Å². The smallest absolute Gasteiger partial charge is 0.416 e. The number of anilines is 1. The molecule has 0 aromatic heterocycles. The van der Waals surface area contributed by atoms with Gasteiger partial charge in [-0.2, -0.15) is 18.3 Å². The zero-order chi connectivity index (χ0) is 24.2. The maximum absolute atomic E-state index is 12.8. The number of nitrogens with zero attached hydrogens (tertiary/aromatic N) is 2. The van der Waals surface area contributed by atoms with Gasteiger partial charge in [0.15, 0.2) is 5.75 Å². The van der Waals surface area contributed by atoms with Gasteiger partial charge in [-0.05, 0) is 42.3 Å². The number of aryl methyl sites for hydroxylation is 1. The molecule has 3 aromatic carbocycles. The van der Waals surface area contributed by atoms with Crippen LogP contribution in [0.4, 0.5) is 24.5 Å². The summed E-state index contributed by atoms with van der Waals surface area (Å²) in [6, 6.07) is 12.9. The van der Waals surface area contributed by atoms with E-state index >= 15 is 0 Å². The van der Waals surface area contributed by atoms with E-state index in [4.69, 9.17) is 27.9 Å². The van der Waals surface area contributed by atoms with Crippen molar-refractivity contribution in [1.29, 1.82) is 0 Å². The van der Waals surface area contributed by atoms with Gasteiger partial charge in [-0.1, -0.05) is 53.0 Å². The summed E-state index contributed by atoms with van der Waals surface area (Å²) in [5.41, 5.74) is 2.75. The summed E-state index contributed by atoms with van der Waals surface area (Å²) in [7, 11) is 0. The van der Waals surface area contributed by atoms with E-state index in [1.54, 1.807) is 0 Å². The van der Waals surface area contributed by atoms with E-state index in [1.807, 2.05) is 31.2 Å². The first-order chi connectivity index (χ1) is 15.5. The van der Waals surface area contributed by atoms with Gasteiger partial charge in [-0.15, -0.1) is 0 Å². The highest BCUT2D eigenvalue weighted by atomic mass is 35.5. The molecule has 0 aliphatic heterocycles. The van der Waals surface area contributed by atoms with Gasteiger partial charge in [-0.25, -0.2) is 0 Å². The molecular formula is C22H16Cl2F3N3O3. The third kappa shape index (κ3) is 6.36. The molecule has 0 unspecified atom stereocenters. The molecule has 1 N–H and O–H groups in total. The maximum Gasteiger partial charge on any atom is 0.416 e. The van der Waals surface area contributed by atoms with Gasteiger partial charge >= 0.3 is 6.18 Å². The van der Waals surface area contributed by atoms with Gasteiger partial charge in [0.1, 0.15) is 12.3 Å². The van der Waals surface area contributed by atoms with Crippen molar-refractivity contribution in [3.8, 4) is 5.75 Å². The number of nitro benzene ring substituents is 1. The number of halogens is 5. The fraction of sp³-hybridized carbons (Fsp3) is 0.136. The first-order valence-corrected chi connectivity index (χ1v) is 10.1. The molecule has 0 atom stereocenters. The molecule has 0 fully saturated rings. The summed E-state index contributed by atoms with van der Waals surface area (Å²) in [6.45, 7) is 2.23. The molecule has 11 heteroatoms. The van der Waals surface area contributed by atoms with E-state index < -0.39 is 22.4 Å². The largest absolute Gasteiger partial charge is 0.486 e. The van der Waals surface area contributed by atoms with Gasteiger partial charge in [0, 0.05) is 6.07 Å². The third-order valence-corrected chi connectivity index (χ3v) is 5.01. The zero-order valence-electron chi connectivity index (χ0n) is 17.0. The molecule has 33 heavy (non-hydrogen) atoms. The SMILES string of the molecule is Cc1ccc(COc2c(Cl)cc(/C=N\Nc3ccc(C(F)(F)F)cc3[N+](=O)[O-])cc2Cl)cc1. The highest BCUT2D eigenvalue weighted by Gasteiger charge is 2.33. The highest BCUT2D eigenvalue weighted by Crippen LogP contribution is 2.36. The maximum atomic E-state index is 12.8. The molecule has 6 nitrogen and oxygen atoms in total. The van der Waals surface area contributed by atoms with Crippen molar-refractivity contribution >= 4 is 40.8 Å². The first kappa shape index (κ1) is 24.3. The Morgan fingerprint density at radius 3 is 2.30 bits per heavy atom. The summed E-state index contributed by atoms with van der Waals surface area (Å²) in [5, 5.41) is 15.4. The second kappa shape index (κ2) is 10.1. The Balaban J connectivity index is 1.73. The lowest BCUT2D eigenvalue weighted by molar-refractivity contribution is -0.384. The Hall–Kier alpha value is -3.30. The van der Waals surface area contributed by atoms with Crippen LogP contribution in [0, 0.1) is 17.0 Å². The van der Waals surface area contributed by atoms with Crippen LogP contribution in [0.5, 0.6) is 5.75 Å². The van der Waals surface area contributed by atoms with Crippen LogP contribution in [0.25, 0.3) is 0 Å². The number of hydrogen-bond acceptors (Lipinski definition) is 5. The average Bonchev–Trinajstić information content (AvgIpc) is 2.73. The zero-order valence-corrected chi connectivity index (χ0v) is 18.5. The van der Waals surface area contributed by atoms with Crippen LogP contribution < -0.4 is 10.2 Å². The predicted molar refractivity (Wildman–Crippen MR) is 121 cm³/mol. The van der Waals surface area contributed by atoms with Gasteiger partial charge in [0.2, 0.25) is 0 Å². The van der Waals surface area contributed by atoms with Gasteiger partial charge < -0.3 is 4.74 Å². The van der Waals surface area contributed by atoms with E-state index in [2.05, 4.69) is 10.5 Å². The summed E-state index contributed by atoms with van der Waals surface area (Å²) < 4.78 is 44.1. The van der Waals surface area contributed by atoms with Crippen LogP contribution >= 0.6 is 23.2 Å². The number of nitro groups is 1. The minimum Gasteiger partial charge on any atom is -0.486 e. The van der Waals surface area contributed by atoms with Crippen molar-refractivity contribution in [3.05, 3.63) is 97.0 Å². The molecule has 3 aromatic rings. The molecule has 0 saturated heterocycles. The van der Waals surface area contributed by atoms with Gasteiger partial charge in [-0.3, -0.25) is 15.5 Å². The number of hydrazone groups is 1. The van der Waals surface area contributed by atoms with Gasteiger partial charge in [0.25, 0.3) is 5.69 Å². The third-order valence-electron chi connectivity index (χ3n) is 4.44.